The van der Waals surface area contributed by atoms with Crippen molar-refractivity contribution in [1.82, 2.24) is 0 Å². The van der Waals surface area contributed by atoms with Crippen molar-refractivity contribution in [2.75, 3.05) is 11.6 Å². The van der Waals surface area contributed by atoms with Gasteiger partial charge in [0.2, 0.25) is 0 Å². The summed E-state index contributed by atoms with van der Waals surface area (Å²) in [6.07, 6.45) is 1.21. The van der Waals surface area contributed by atoms with Gasteiger partial charge in [0.05, 0.1) is 10.9 Å². The first-order valence-corrected chi connectivity index (χ1v) is 8.30. The minimum Gasteiger partial charge on any atom is -0.464 e. The standard InChI is InChI=1S/C15H19NO3S/c1-10-5-7-13(20(4,17)18)9-14(10)16-12(3)15-8-6-11(2)19-15/h5-9,12,16H,1-4H3. The molecule has 0 saturated heterocycles. The van der Waals surface area contributed by atoms with Gasteiger partial charge in [-0.2, -0.15) is 0 Å². The number of anilines is 1. The summed E-state index contributed by atoms with van der Waals surface area (Å²) in [4.78, 5) is 0.313. The fraction of sp³-hybridized carbons (Fsp3) is 0.333. The highest BCUT2D eigenvalue weighted by Gasteiger charge is 2.13. The van der Waals surface area contributed by atoms with E-state index in [0.717, 1.165) is 22.8 Å². The van der Waals surface area contributed by atoms with E-state index in [1.807, 2.05) is 32.9 Å². The van der Waals surface area contributed by atoms with Crippen LogP contribution < -0.4 is 5.32 Å². The van der Waals surface area contributed by atoms with Gasteiger partial charge in [0, 0.05) is 11.9 Å². The van der Waals surface area contributed by atoms with Crippen molar-refractivity contribution in [3.8, 4) is 0 Å². The van der Waals surface area contributed by atoms with E-state index < -0.39 is 9.84 Å². The molecular weight excluding hydrogens is 274 g/mol. The summed E-state index contributed by atoms with van der Waals surface area (Å²) in [5.41, 5.74) is 1.79. The number of hydrogen-bond donors (Lipinski definition) is 1. The van der Waals surface area contributed by atoms with E-state index in [0.29, 0.717) is 4.90 Å². The molecule has 0 fully saturated rings. The summed E-state index contributed by atoms with van der Waals surface area (Å²) in [5.74, 6) is 1.68. The Morgan fingerprint density at radius 1 is 1.15 bits per heavy atom. The van der Waals surface area contributed by atoms with E-state index in [4.69, 9.17) is 4.42 Å². The van der Waals surface area contributed by atoms with Crippen molar-refractivity contribution in [1.29, 1.82) is 0 Å². The molecular formula is C15H19NO3S. The number of hydrogen-bond acceptors (Lipinski definition) is 4. The summed E-state index contributed by atoms with van der Waals surface area (Å²) < 4.78 is 28.8. The molecule has 0 saturated carbocycles. The zero-order valence-electron chi connectivity index (χ0n) is 12.1. The molecule has 0 amide bonds. The molecule has 1 aromatic carbocycles. The molecule has 4 nitrogen and oxygen atoms in total. The molecule has 2 rings (SSSR count). The Morgan fingerprint density at radius 3 is 2.40 bits per heavy atom. The third-order valence-corrected chi connectivity index (χ3v) is 4.31. The molecule has 0 aliphatic heterocycles. The van der Waals surface area contributed by atoms with E-state index >= 15 is 0 Å². The third-order valence-electron chi connectivity index (χ3n) is 3.20. The van der Waals surface area contributed by atoms with Gasteiger partial charge in [0.15, 0.2) is 9.84 Å². The summed E-state index contributed by atoms with van der Waals surface area (Å²) >= 11 is 0. The third kappa shape index (κ3) is 3.22. The monoisotopic (exact) mass is 293 g/mol. The van der Waals surface area contributed by atoms with Crippen molar-refractivity contribution >= 4 is 15.5 Å². The van der Waals surface area contributed by atoms with Gasteiger partial charge in [-0.15, -0.1) is 0 Å². The van der Waals surface area contributed by atoms with Gasteiger partial charge >= 0.3 is 0 Å². The summed E-state index contributed by atoms with van der Waals surface area (Å²) in [6.45, 7) is 5.81. The van der Waals surface area contributed by atoms with Crippen LogP contribution in [0.1, 0.15) is 30.0 Å². The maximum atomic E-state index is 11.6. The molecule has 1 aromatic heterocycles. The van der Waals surface area contributed by atoms with Crippen molar-refractivity contribution in [3.63, 3.8) is 0 Å². The average Bonchev–Trinajstić information content (AvgIpc) is 2.77. The van der Waals surface area contributed by atoms with Crippen LogP contribution in [0, 0.1) is 13.8 Å². The topological polar surface area (TPSA) is 59.3 Å². The quantitative estimate of drug-likeness (QED) is 0.937. The highest BCUT2D eigenvalue weighted by molar-refractivity contribution is 7.90. The van der Waals surface area contributed by atoms with E-state index in [9.17, 15) is 8.42 Å². The lowest BCUT2D eigenvalue weighted by Crippen LogP contribution is -2.08. The minimum absolute atomic E-state index is 0.0304. The normalized spacial score (nSPS) is 13.2. The lowest BCUT2D eigenvalue weighted by atomic mass is 10.1. The number of benzene rings is 1. The molecule has 0 radical (unpaired) electrons. The number of furan rings is 1. The summed E-state index contributed by atoms with van der Waals surface area (Å²) in [7, 11) is -3.20. The molecule has 0 aliphatic rings. The summed E-state index contributed by atoms with van der Waals surface area (Å²) in [5, 5.41) is 3.29. The van der Waals surface area contributed by atoms with Crippen LogP contribution in [-0.4, -0.2) is 14.7 Å². The van der Waals surface area contributed by atoms with Crippen LogP contribution in [0.4, 0.5) is 5.69 Å². The van der Waals surface area contributed by atoms with Gasteiger partial charge in [-0.25, -0.2) is 8.42 Å². The highest BCUT2D eigenvalue weighted by atomic mass is 32.2. The smallest absolute Gasteiger partial charge is 0.175 e. The minimum atomic E-state index is -3.20. The second-order valence-corrected chi connectivity index (χ2v) is 7.08. The zero-order valence-corrected chi connectivity index (χ0v) is 12.9. The Labute approximate surface area is 119 Å². The molecule has 1 atom stereocenters. The van der Waals surface area contributed by atoms with Crippen molar-refractivity contribution in [3.05, 3.63) is 47.4 Å². The Bertz CT molecular complexity index is 716. The molecule has 0 spiro atoms. The molecule has 1 heterocycles. The fourth-order valence-corrected chi connectivity index (χ4v) is 2.62. The number of nitrogens with one attached hydrogen (secondary N) is 1. The first-order valence-electron chi connectivity index (χ1n) is 6.41. The predicted molar refractivity (Wildman–Crippen MR) is 79.8 cm³/mol. The Hall–Kier alpha value is -1.75. The predicted octanol–water partition coefficient (Wildman–Crippen LogP) is 3.47. The average molecular weight is 293 g/mol. The lowest BCUT2D eigenvalue weighted by Gasteiger charge is -2.16. The van der Waals surface area contributed by atoms with E-state index in [2.05, 4.69) is 5.32 Å². The van der Waals surface area contributed by atoms with Crippen LogP contribution in [0.3, 0.4) is 0 Å². The molecule has 108 valence electrons. The molecule has 1 N–H and O–H groups in total. The number of aryl methyl sites for hydroxylation is 2. The maximum absolute atomic E-state index is 11.6. The van der Waals surface area contributed by atoms with Crippen molar-refractivity contribution < 1.29 is 12.8 Å². The van der Waals surface area contributed by atoms with Gasteiger partial charge < -0.3 is 9.73 Å². The Kier molecular flexibility index (Phi) is 3.90. The highest BCUT2D eigenvalue weighted by Crippen LogP contribution is 2.25. The van der Waals surface area contributed by atoms with Crippen LogP contribution in [0.25, 0.3) is 0 Å². The van der Waals surface area contributed by atoms with Crippen LogP contribution in [0.5, 0.6) is 0 Å². The molecule has 20 heavy (non-hydrogen) atoms. The van der Waals surface area contributed by atoms with Gasteiger partial charge in [-0.1, -0.05) is 6.07 Å². The van der Waals surface area contributed by atoms with Crippen molar-refractivity contribution in [2.24, 2.45) is 0 Å². The van der Waals surface area contributed by atoms with Crippen LogP contribution in [0.15, 0.2) is 39.6 Å². The molecule has 5 heteroatoms. The van der Waals surface area contributed by atoms with Gasteiger partial charge in [-0.3, -0.25) is 0 Å². The van der Waals surface area contributed by atoms with Crippen LogP contribution >= 0.6 is 0 Å². The Morgan fingerprint density at radius 2 is 1.85 bits per heavy atom. The van der Waals surface area contributed by atoms with Gasteiger partial charge in [0.1, 0.15) is 11.5 Å². The van der Waals surface area contributed by atoms with Gasteiger partial charge in [0.25, 0.3) is 0 Å². The second kappa shape index (κ2) is 5.32. The first kappa shape index (κ1) is 14.7. The van der Waals surface area contributed by atoms with E-state index in [1.165, 1.54) is 6.26 Å². The van der Waals surface area contributed by atoms with E-state index in [-0.39, 0.29) is 6.04 Å². The largest absolute Gasteiger partial charge is 0.464 e. The van der Waals surface area contributed by atoms with E-state index in [1.54, 1.807) is 18.2 Å². The number of sulfone groups is 1. The zero-order chi connectivity index (χ0) is 14.9. The van der Waals surface area contributed by atoms with Gasteiger partial charge in [-0.05, 0) is 50.6 Å². The Balaban J connectivity index is 2.29. The lowest BCUT2D eigenvalue weighted by molar-refractivity contribution is 0.467. The molecule has 1 unspecified atom stereocenters. The number of rotatable bonds is 4. The fourth-order valence-electron chi connectivity index (χ4n) is 1.98. The molecule has 2 aromatic rings. The van der Waals surface area contributed by atoms with Crippen molar-refractivity contribution in [2.45, 2.75) is 31.7 Å². The molecule has 0 bridgehead atoms. The molecule has 0 aliphatic carbocycles. The van der Waals surface area contributed by atoms with Crippen LogP contribution in [0.2, 0.25) is 0 Å². The first-order chi connectivity index (χ1) is 9.27. The SMILES string of the molecule is Cc1ccc(C(C)Nc2cc(S(C)(=O)=O)ccc2C)o1. The van der Waals surface area contributed by atoms with Crippen LogP contribution in [-0.2, 0) is 9.84 Å². The second-order valence-electron chi connectivity index (χ2n) is 5.06. The maximum Gasteiger partial charge on any atom is 0.175 e. The summed E-state index contributed by atoms with van der Waals surface area (Å²) in [6, 6.07) is 8.89.